The Balaban J connectivity index is 5.51. The zero-order chi connectivity index (χ0) is 23.6. The number of amides is 4. The molecule has 0 fully saturated rings. The molecule has 5 atom stereocenters. The highest BCUT2D eigenvalue weighted by Gasteiger charge is 2.33. The van der Waals surface area contributed by atoms with Crippen LogP contribution in [0.4, 0.5) is 0 Å². The number of hydrogen-bond acceptors (Lipinski definition) is 7. The lowest BCUT2D eigenvalue weighted by Crippen LogP contribution is -2.59. The van der Waals surface area contributed by atoms with E-state index in [2.05, 4.69) is 28.6 Å². The van der Waals surface area contributed by atoms with Gasteiger partial charge in [-0.05, 0) is 11.8 Å². The van der Waals surface area contributed by atoms with Crippen LogP contribution in [-0.2, 0) is 24.0 Å². The van der Waals surface area contributed by atoms with Crippen molar-refractivity contribution in [3.63, 3.8) is 0 Å². The molecule has 5 unspecified atom stereocenters. The minimum atomic E-state index is -1.33. The van der Waals surface area contributed by atoms with Gasteiger partial charge in [0, 0.05) is 5.75 Å². The quantitative estimate of drug-likeness (QED) is 0.164. The predicted molar refractivity (Wildman–Crippen MR) is 113 cm³/mol. The van der Waals surface area contributed by atoms with Crippen molar-refractivity contribution < 1.29 is 29.1 Å². The average Bonchev–Trinajstić information content (AvgIpc) is 2.67. The SMILES string of the molecule is CCC(C)C(NC(=O)C(CC(N)=O)NC(=O)C(N)C(C)C)C(=O)NC(CS)C(=O)O. The van der Waals surface area contributed by atoms with Crippen molar-refractivity contribution in [2.75, 3.05) is 5.75 Å². The first kappa shape index (κ1) is 27.7. The zero-order valence-corrected chi connectivity index (χ0v) is 18.6. The van der Waals surface area contributed by atoms with E-state index in [0.29, 0.717) is 6.42 Å². The van der Waals surface area contributed by atoms with Crippen LogP contribution in [0.3, 0.4) is 0 Å². The summed E-state index contributed by atoms with van der Waals surface area (Å²) in [7, 11) is 0. The Morgan fingerprint density at radius 2 is 1.47 bits per heavy atom. The minimum Gasteiger partial charge on any atom is -0.480 e. The van der Waals surface area contributed by atoms with Crippen LogP contribution in [0, 0.1) is 11.8 Å². The third kappa shape index (κ3) is 8.99. The molecule has 11 nitrogen and oxygen atoms in total. The molecule has 0 aliphatic heterocycles. The molecule has 0 aromatic rings. The molecule has 0 rings (SSSR count). The van der Waals surface area contributed by atoms with Gasteiger partial charge in [-0.3, -0.25) is 19.2 Å². The summed E-state index contributed by atoms with van der Waals surface area (Å²) >= 11 is 3.89. The van der Waals surface area contributed by atoms with E-state index in [1.807, 2.05) is 0 Å². The third-order valence-electron chi connectivity index (χ3n) is 4.65. The van der Waals surface area contributed by atoms with Crippen LogP contribution in [0.2, 0.25) is 0 Å². The second-order valence-corrected chi connectivity index (χ2v) is 7.82. The molecule has 0 spiro atoms. The second-order valence-electron chi connectivity index (χ2n) is 7.46. The summed E-state index contributed by atoms with van der Waals surface area (Å²) in [4.78, 5) is 60.1. The molecule has 0 aromatic carbocycles. The summed E-state index contributed by atoms with van der Waals surface area (Å²) in [6.45, 7) is 6.92. The summed E-state index contributed by atoms with van der Waals surface area (Å²) in [6, 6.07) is -4.59. The lowest BCUT2D eigenvalue weighted by atomic mass is 9.97. The Bertz CT molecular complexity index is 645. The first-order valence-corrected chi connectivity index (χ1v) is 10.3. The molecule has 172 valence electrons. The number of carbonyl (C=O) groups is 5. The van der Waals surface area contributed by atoms with Crippen LogP contribution >= 0.6 is 12.6 Å². The maximum Gasteiger partial charge on any atom is 0.327 e. The molecular formula is C18H33N5O6S. The maximum absolute atomic E-state index is 12.7. The Hall–Kier alpha value is -2.34. The van der Waals surface area contributed by atoms with Crippen molar-refractivity contribution in [3.05, 3.63) is 0 Å². The standard InChI is InChI=1S/C18H33N5O6S/c1-5-9(4)14(17(27)22-11(7-30)18(28)29)23-15(25)10(6-12(19)24)21-16(26)13(20)8(2)3/h8-11,13-14,30H,5-7,20H2,1-4H3,(H2,19,24)(H,21,26)(H,22,27)(H,23,25)(H,28,29). The first-order valence-electron chi connectivity index (χ1n) is 9.64. The maximum atomic E-state index is 12.7. The summed E-state index contributed by atoms with van der Waals surface area (Å²) in [5.41, 5.74) is 11.0. The molecule has 0 aromatic heterocycles. The molecule has 30 heavy (non-hydrogen) atoms. The van der Waals surface area contributed by atoms with Crippen molar-refractivity contribution >= 4 is 42.2 Å². The molecule has 8 N–H and O–H groups in total. The minimum absolute atomic E-state index is 0.143. The average molecular weight is 448 g/mol. The molecule has 0 bridgehead atoms. The van der Waals surface area contributed by atoms with Crippen LogP contribution in [-0.4, -0.2) is 64.6 Å². The normalized spacial score (nSPS) is 16.0. The van der Waals surface area contributed by atoms with Crippen molar-refractivity contribution in [2.45, 2.75) is 64.7 Å². The van der Waals surface area contributed by atoms with Gasteiger partial charge in [-0.1, -0.05) is 34.1 Å². The molecule has 0 aliphatic rings. The Labute approximate surface area is 181 Å². The van der Waals surface area contributed by atoms with E-state index in [4.69, 9.17) is 16.6 Å². The molecule has 0 saturated carbocycles. The molecular weight excluding hydrogens is 414 g/mol. The van der Waals surface area contributed by atoms with E-state index in [1.165, 1.54) is 0 Å². The van der Waals surface area contributed by atoms with E-state index in [1.54, 1.807) is 27.7 Å². The molecule has 0 heterocycles. The van der Waals surface area contributed by atoms with E-state index in [-0.39, 0.29) is 17.6 Å². The fraction of sp³-hybridized carbons (Fsp3) is 0.722. The van der Waals surface area contributed by atoms with Crippen molar-refractivity contribution in [1.29, 1.82) is 0 Å². The van der Waals surface area contributed by atoms with Gasteiger partial charge in [0.1, 0.15) is 18.1 Å². The number of thiol groups is 1. The summed E-state index contributed by atoms with van der Waals surface area (Å²) in [5.74, 6) is -5.00. The number of rotatable bonds is 13. The highest BCUT2D eigenvalue weighted by molar-refractivity contribution is 7.80. The van der Waals surface area contributed by atoms with Crippen molar-refractivity contribution in [1.82, 2.24) is 16.0 Å². The van der Waals surface area contributed by atoms with E-state index in [9.17, 15) is 24.0 Å². The van der Waals surface area contributed by atoms with Gasteiger partial charge < -0.3 is 32.5 Å². The van der Waals surface area contributed by atoms with E-state index in [0.717, 1.165) is 0 Å². The number of nitrogens with two attached hydrogens (primary N) is 2. The second kappa shape index (κ2) is 13.1. The summed E-state index contributed by atoms with van der Waals surface area (Å²) < 4.78 is 0. The fourth-order valence-electron chi connectivity index (χ4n) is 2.38. The zero-order valence-electron chi connectivity index (χ0n) is 17.7. The number of carboxylic acids is 1. The Morgan fingerprint density at radius 3 is 1.87 bits per heavy atom. The lowest BCUT2D eigenvalue weighted by molar-refractivity contribution is -0.142. The van der Waals surface area contributed by atoms with Gasteiger partial charge in [0.2, 0.25) is 23.6 Å². The third-order valence-corrected chi connectivity index (χ3v) is 5.01. The Morgan fingerprint density at radius 1 is 0.933 bits per heavy atom. The van der Waals surface area contributed by atoms with Gasteiger partial charge in [-0.15, -0.1) is 0 Å². The predicted octanol–water partition coefficient (Wildman–Crippen LogP) is -1.64. The topological polar surface area (TPSA) is 194 Å². The van der Waals surface area contributed by atoms with Crippen LogP contribution in [0.1, 0.15) is 40.5 Å². The smallest absolute Gasteiger partial charge is 0.327 e. The molecule has 4 amide bonds. The molecule has 0 radical (unpaired) electrons. The lowest BCUT2D eigenvalue weighted by Gasteiger charge is -2.27. The van der Waals surface area contributed by atoms with E-state index >= 15 is 0 Å². The first-order chi connectivity index (χ1) is 13.8. The van der Waals surface area contributed by atoms with Gasteiger partial charge in [0.05, 0.1) is 12.5 Å². The number of carbonyl (C=O) groups excluding carboxylic acids is 4. The monoisotopic (exact) mass is 447 g/mol. The van der Waals surface area contributed by atoms with Crippen LogP contribution in [0.15, 0.2) is 0 Å². The molecule has 0 saturated heterocycles. The van der Waals surface area contributed by atoms with Crippen LogP contribution in [0.25, 0.3) is 0 Å². The van der Waals surface area contributed by atoms with Gasteiger partial charge in [0.25, 0.3) is 0 Å². The molecule has 0 aliphatic carbocycles. The van der Waals surface area contributed by atoms with Gasteiger partial charge in [-0.25, -0.2) is 4.79 Å². The number of primary amides is 1. The molecule has 12 heteroatoms. The van der Waals surface area contributed by atoms with Crippen molar-refractivity contribution in [2.24, 2.45) is 23.3 Å². The van der Waals surface area contributed by atoms with Gasteiger partial charge in [0.15, 0.2) is 0 Å². The number of nitrogens with one attached hydrogen (secondary N) is 3. The van der Waals surface area contributed by atoms with Crippen molar-refractivity contribution in [3.8, 4) is 0 Å². The van der Waals surface area contributed by atoms with Gasteiger partial charge in [-0.2, -0.15) is 12.6 Å². The van der Waals surface area contributed by atoms with Crippen LogP contribution < -0.4 is 27.4 Å². The fourth-order valence-corrected chi connectivity index (χ4v) is 2.63. The summed E-state index contributed by atoms with van der Waals surface area (Å²) in [6.07, 6.45) is -0.00628. The Kier molecular flexibility index (Phi) is 12.0. The highest BCUT2D eigenvalue weighted by Crippen LogP contribution is 2.10. The number of carboxylic acid groups (broad SMARTS) is 1. The summed E-state index contributed by atoms with van der Waals surface area (Å²) in [5, 5.41) is 16.3. The number of aliphatic carboxylic acids is 1. The van der Waals surface area contributed by atoms with Gasteiger partial charge >= 0.3 is 5.97 Å². The largest absolute Gasteiger partial charge is 0.480 e. The number of hydrogen-bond donors (Lipinski definition) is 7. The van der Waals surface area contributed by atoms with E-state index < -0.39 is 60.2 Å². The van der Waals surface area contributed by atoms with Crippen LogP contribution in [0.5, 0.6) is 0 Å². The highest BCUT2D eigenvalue weighted by atomic mass is 32.1.